The number of hydrogen-bond donors (Lipinski definition) is 1. The summed E-state index contributed by atoms with van der Waals surface area (Å²) in [6.45, 7) is 12.9. The lowest BCUT2D eigenvalue weighted by molar-refractivity contribution is -0.137. The second-order valence-electron chi connectivity index (χ2n) is 12.3. The number of amides is 1. The first-order valence-corrected chi connectivity index (χ1v) is 17.9. The van der Waals surface area contributed by atoms with Crippen molar-refractivity contribution in [1.29, 1.82) is 0 Å². The Kier molecular flexibility index (Phi) is 9.78. The van der Waals surface area contributed by atoms with Crippen LogP contribution in [-0.4, -0.2) is 67.2 Å². The minimum Gasteiger partial charge on any atom is -0.463 e. The Morgan fingerprint density at radius 2 is 2.00 bits per heavy atom. The Bertz CT molecular complexity index is 1170. The van der Waals surface area contributed by atoms with Gasteiger partial charge < -0.3 is 19.9 Å². The highest BCUT2D eigenvalue weighted by Crippen LogP contribution is 2.67. The van der Waals surface area contributed by atoms with E-state index in [-0.39, 0.29) is 29.8 Å². The standard InChI is InChI=1S/C28H41F2N3O5SSi/c1-8-37-23(34)11-12-27-16-22(27)28(17-29,20-15-19(31)9-10-21(20)30)32-24(39-27)33(25(35)38-26(2,3)4)18-36-13-14-40(5,6)7/h9-12,15,22H,8,13-14,16-18,31H2,1-7H3/b12-11+/t22-,27+,28-/m1/s1. The molecule has 1 fully saturated rings. The molecule has 3 atom stereocenters. The summed E-state index contributed by atoms with van der Waals surface area (Å²) in [5, 5.41) is 0.115. The van der Waals surface area contributed by atoms with Gasteiger partial charge in [0.2, 0.25) is 0 Å². The Morgan fingerprint density at radius 1 is 1.30 bits per heavy atom. The quantitative estimate of drug-likeness (QED) is 0.0868. The summed E-state index contributed by atoms with van der Waals surface area (Å²) < 4.78 is 46.3. The highest BCUT2D eigenvalue weighted by atomic mass is 32.2. The van der Waals surface area contributed by atoms with Crippen LogP contribution in [0, 0.1) is 11.7 Å². The fraction of sp³-hybridized carbons (Fsp3) is 0.607. The van der Waals surface area contributed by atoms with E-state index in [4.69, 9.17) is 24.9 Å². The number of aliphatic imine (C=N–C) groups is 1. The van der Waals surface area contributed by atoms with Crippen LogP contribution in [0.3, 0.4) is 0 Å². The zero-order chi connectivity index (χ0) is 29.9. The van der Waals surface area contributed by atoms with Gasteiger partial charge >= 0.3 is 12.1 Å². The largest absolute Gasteiger partial charge is 0.463 e. The van der Waals surface area contributed by atoms with Gasteiger partial charge in [-0.15, -0.1) is 0 Å². The molecule has 1 amide bonds. The van der Waals surface area contributed by atoms with Crippen molar-refractivity contribution in [2.75, 3.05) is 32.4 Å². The van der Waals surface area contributed by atoms with Gasteiger partial charge in [-0.05, 0) is 58.4 Å². The number of carbonyl (C=O) groups excluding carboxylic acids is 2. The molecule has 1 heterocycles. The smallest absolute Gasteiger partial charge is 0.418 e. The number of thioether (sulfide) groups is 1. The number of amidine groups is 1. The predicted molar refractivity (Wildman–Crippen MR) is 157 cm³/mol. The lowest BCUT2D eigenvalue weighted by Crippen LogP contribution is -2.46. The van der Waals surface area contributed by atoms with Crippen LogP contribution in [0.5, 0.6) is 0 Å². The third-order valence-electron chi connectivity index (χ3n) is 6.62. The molecule has 8 nitrogen and oxygen atoms in total. The summed E-state index contributed by atoms with van der Waals surface area (Å²) in [7, 11) is -1.41. The number of nitrogen functional groups attached to an aromatic ring is 1. The Labute approximate surface area is 240 Å². The molecule has 12 heteroatoms. The molecule has 222 valence electrons. The monoisotopic (exact) mass is 597 g/mol. The lowest BCUT2D eigenvalue weighted by Gasteiger charge is -2.38. The molecule has 1 aliphatic heterocycles. The second kappa shape index (κ2) is 12.2. The SMILES string of the molecule is CCOC(=O)/C=C/[C@]12C[C@H]1[C@@](CF)(c1cc(N)ccc1F)N=C(N(COCC[Si](C)(C)C)C(=O)OC(C)(C)C)S2. The first kappa shape index (κ1) is 32.1. The number of nitrogens with zero attached hydrogens (tertiary/aromatic N) is 2. The van der Waals surface area contributed by atoms with Crippen molar-refractivity contribution in [2.45, 2.75) is 75.7 Å². The molecule has 1 aromatic carbocycles. The fourth-order valence-corrected chi connectivity index (χ4v) is 6.74. The highest BCUT2D eigenvalue weighted by Gasteiger charge is 2.68. The molecule has 3 rings (SSSR count). The number of rotatable bonds is 10. The number of hydrogen-bond acceptors (Lipinski definition) is 8. The third-order valence-corrected chi connectivity index (χ3v) is 9.78. The summed E-state index contributed by atoms with van der Waals surface area (Å²) >= 11 is 1.21. The normalized spacial score (nSPS) is 24.3. The molecule has 0 radical (unpaired) electrons. The minimum atomic E-state index is -1.68. The molecule has 1 aromatic rings. The number of alkyl halides is 1. The van der Waals surface area contributed by atoms with Gasteiger partial charge in [0.1, 0.15) is 30.4 Å². The number of halogens is 2. The summed E-state index contributed by atoms with van der Waals surface area (Å²) in [5.41, 5.74) is 3.72. The van der Waals surface area contributed by atoms with E-state index in [1.54, 1.807) is 33.8 Å². The van der Waals surface area contributed by atoms with Crippen LogP contribution in [0.25, 0.3) is 0 Å². The van der Waals surface area contributed by atoms with Crippen LogP contribution >= 0.6 is 11.8 Å². The number of anilines is 1. The van der Waals surface area contributed by atoms with Gasteiger partial charge in [0.15, 0.2) is 5.17 Å². The van der Waals surface area contributed by atoms with Crippen molar-refractivity contribution in [3.8, 4) is 0 Å². The van der Waals surface area contributed by atoms with E-state index in [9.17, 15) is 9.59 Å². The average molecular weight is 598 g/mol. The summed E-state index contributed by atoms with van der Waals surface area (Å²) in [6.07, 6.45) is 2.59. The maximum absolute atomic E-state index is 15.3. The minimum absolute atomic E-state index is 0.00648. The van der Waals surface area contributed by atoms with Crippen molar-refractivity contribution >= 4 is 42.8 Å². The van der Waals surface area contributed by atoms with E-state index in [1.165, 1.54) is 40.9 Å². The molecular weight excluding hydrogens is 556 g/mol. The zero-order valence-electron chi connectivity index (χ0n) is 24.4. The Balaban J connectivity index is 2.10. The van der Waals surface area contributed by atoms with Gasteiger partial charge in [-0.3, -0.25) is 0 Å². The Morgan fingerprint density at radius 3 is 2.60 bits per heavy atom. The molecule has 1 saturated carbocycles. The molecule has 40 heavy (non-hydrogen) atoms. The van der Waals surface area contributed by atoms with Crippen LogP contribution in [-0.2, 0) is 24.5 Å². The molecule has 0 spiro atoms. The van der Waals surface area contributed by atoms with Gasteiger partial charge in [0.25, 0.3) is 0 Å². The van der Waals surface area contributed by atoms with E-state index < -0.39 is 54.4 Å². The molecule has 1 aliphatic carbocycles. The number of carbonyl (C=O) groups is 2. The molecule has 0 unspecified atom stereocenters. The highest BCUT2D eigenvalue weighted by molar-refractivity contribution is 8.15. The van der Waals surface area contributed by atoms with E-state index in [1.807, 2.05) is 0 Å². The first-order chi connectivity index (χ1) is 18.6. The third kappa shape index (κ3) is 7.64. The second-order valence-corrected chi connectivity index (χ2v) is 19.3. The number of nitrogens with two attached hydrogens (primary N) is 1. The van der Waals surface area contributed by atoms with Crippen molar-refractivity contribution < 1.29 is 32.6 Å². The average Bonchev–Trinajstić information content (AvgIpc) is 3.57. The van der Waals surface area contributed by atoms with E-state index in [0.717, 1.165) is 6.04 Å². The molecular formula is C28H41F2N3O5SSi. The van der Waals surface area contributed by atoms with E-state index in [2.05, 4.69) is 19.6 Å². The van der Waals surface area contributed by atoms with E-state index >= 15 is 8.78 Å². The summed E-state index contributed by atoms with van der Waals surface area (Å²) in [5.74, 6) is -1.71. The van der Waals surface area contributed by atoms with Crippen LogP contribution < -0.4 is 5.73 Å². The van der Waals surface area contributed by atoms with Crippen molar-refractivity contribution in [2.24, 2.45) is 10.9 Å². The molecule has 0 bridgehead atoms. The molecule has 0 aromatic heterocycles. The first-order valence-electron chi connectivity index (χ1n) is 13.4. The van der Waals surface area contributed by atoms with Crippen molar-refractivity contribution in [1.82, 2.24) is 4.90 Å². The maximum Gasteiger partial charge on any atom is 0.418 e. The lowest BCUT2D eigenvalue weighted by atomic mass is 9.84. The topological polar surface area (TPSA) is 103 Å². The molecule has 2 aliphatic rings. The van der Waals surface area contributed by atoms with Gasteiger partial charge in [-0.2, -0.15) is 0 Å². The van der Waals surface area contributed by atoms with Gasteiger partial charge in [0.05, 0.1) is 6.61 Å². The maximum atomic E-state index is 15.3. The van der Waals surface area contributed by atoms with Gasteiger partial charge in [0, 0.05) is 42.7 Å². The van der Waals surface area contributed by atoms with Crippen LogP contribution in [0.1, 0.15) is 39.7 Å². The molecule has 0 saturated heterocycles. The Hall–Kier alpha value is -2.44. The van der Waals surface area contributed by atoms with Crippen molar-refractivity contribution in [3.05, 3.63) is 41.7 Å². The zero-order valence-corrected chi connectivity index (χ0v) is 26.2. The number of benzene rings is 1. The number of fused-ring (bicyclic) bond motifs is 1. The van der Waals surface area contributed by atoms with Crippen LogP contribution in [0.15, 0.2) is 35.3 Å². The fourth-order valence-electron chi connectivity index (χ4n) is 4.48. The van der Waals surface area contributed by atoms with E-state index in [0.29, 0.717) is 13.0 Å². The van der Waals surface area contributed by atoms with Crippen LogP contribution in [0.2, 0.25) is 25.7 Å². The molecule has 2 N–H and O–H groups in total. The van der Waals surface area contributed by atoms with Crippen LogP contribution in [0.4, 0.5) is 19.3 Å². The predicted octanol–water partition coefficient (Wildman–Crippen LogP) is 6.10. The van der Waals surface area contributed by atoms with Gasteiger partial charge in [-0.1, -0.05) is 37.5 Å². The summed E-state index contributed by atoms with van der Waals surface area (Å²) in [4.78, 5) is 31.6. The summed E-state index contributed by atoms with van der Waals surface area (Å²) in [6, 6.07) is 4.83. The van der Waals surface area contributed by atoms with Gasteiger partial charge in [-0.25, -0.2) is 28.3 Å². The number of ether oxygens (including phenoxy) is 3. The van der Waals surface area contributed by atoms with Crippen molar-refractivity contribution in [3.63, 3.8) is 0 Å². The number of esters is 1.